The van der Waals surface area contributed by atoms with E-state index in [0.29, 0.717) is 6.42 Å². The van der Waals surface area contributed by atoms with Crippen molar-refractivity contribution in [3.8, 4) is 5.82 Å². The van der Waals surface area contributed by atoms with Crippen LogP contribution in [0.1, 0.15) is 22.5 Å². The lowest BCUT2D eigenvalue weighted by Gasteiger charge is -2.12. The molecule has 2 heterocycles. The maximum absolute atomic E-state index is 10.9. The molecule has 1 atom stereocenters. The van der Waals surface area contributed by atoms with Gasteiger partial charge in [0, 0.05) is 24.0 Å². The van der Waals surface area contributed by atoms with E-state index in [1.165, 1.54) is 0 Å². The number of rotatable bonds is 4. The average molecular weight is 273 g/mol. The number of carbonyl (C=O) groups is 1. The molecule has 0 saturated carbocycles. The molecule has 0 aliphatic rings. The van der Waals surface area contributed by atoms with Gasteiger partial charge in [-0.2, -0.15) is 0 Å². The van der Waals surface area contributed by atoms with Crippen molar-refractivity contribution in [1.82, 2.24) is 9.55 Å². The van der Waals surface area contributed by atoms with Gasteiger partial charge in [-0.25, -0.2) is 4.98 Å². The number of hydrogen-bond donors (Lipinski definition) is 2. The zero-order valence-corrected chi connectivity index (χ0v) is 11.9. The zero-order valence-electron chi connectivity index (χ0n) is 11.9. The molecule has 2 aromatic heterocycles. The molecule has 3 N–H and O–H groups in total. The van der Waals surface area contributed by atoms with Crippen LogP contribution in [0.2, 0.25) is 0 Å². The number of pyridine rings is 1. The Morgan fingerprint density at radius 2 is 2.15 bits per heavy atom. The van der Waals surface area contributed by atoms with Gasteiger partial charge in [-0.1, -0.05) is 6.07 Å². The highest BCUT2D eigenvalue weighted by Gasteiger charge is 2.18. The number of aromatic nitrogens is 2. The summed E-state index contributed by atoms with van der Waals surface area (Å²) < 4.78 is 2.04. The minimum absolute atomic E-state index is 0.320. The third-order valence-corrected chi connectivity index (χ3v) is 3.49. The number of aliphatic carboxylic acids is 1. The van der Waals surface area contributed by atoms with E-state index in [4.69, 9.17) is 10.8 Å². The molecule has 0 aliphatic carbocycles. The Morgan fingerprint density at radius 3 is 2.75 bits per heavy atom. The van der Waals surface area contributed by atoms with Crippen molar-refractivity contribution in [2.75, 3.05) is 0 Å². The summed E-state index contributed by atoms with van der Waals surface area (Å²) in [6, 6.07) is 5.00. The molecule has 5 nitrogen and oxygen atoms in total. The van der Waals surface area contributed by atoms with Gasteiger partial charge in [-0.05, 0) is 44.0 Å². The summed E-state index contributed by atoms with van der Waals surface area (Å²) in [4.78, 5) is 15.3. The lowest BCUT2D eigenvalue weighted by Crippen LogP contribution is -2.32. The Bertz CT molecular complexity index is 647. The Morgan fingerprint density at radius 1 is 1.45 bits per heavy atom. The zero-order chi connectivity index (χ0) is 14.9. The first kappa shape index (κ1) is 14.3. The van der Waals surface area contributed by atoms with Crippen molar-refractivity contribution >= 4 is 5.97 Å². The average Bonchev–Trinajstić information content (AvgIpc) is 2.65. The summed E-state index contributed by atoms with van der Waals surface area (Å²) in [6.45, 7) is 5.95. The molecule has 106 valence electrons. The molecule has 0 fully saturated rings. The first-order valence-electron chi connectivity index (χ1n) is 6.50. The standard InChI is InChI=1S/C15H19N3O2/c1-9-5-4-6-17-14(9)18-10(2)7-12(11(18)3)8-13(16)15(19)20/h4-7,13H,8,16H2,1-3H3,(H,19,20). The van der Waals surface area contributed by atoms with E-state index in [1.807, 2.05) is 43.5 Å². The van der Waals surface area contributed by atoms with Crippen LogP contribution in [0, 0.1) is 20.8 Å². The molecule has 0 aromatic carbocycles. The van der Waals surface area contributed by atoms with Crippen LogP contribution in [0.5, 0.6) is 0 Å². The van der Waals surface area contributed by atoms with Crippen LogP contribution < -0.4 is 5.73 Å². The Kier molecular flexibility index (Phi) is 3.90. The van der Waals surface area contributed by atoms with Crippen LogP contribution in [-0.4, -0.2) is 26.7 Å². The second-order valence-electron chi connectivity index (χ2n) is 5.02. The summed E-state index contributed by atoms with van der Waals surface area (Å²) in [5.41, 5.74) is 9.65. The highest BCUT2D eigenvalue weighted by Crippen LogP contribution is 2.22. The third kappa shape index (κ3) is 2.58. The van der Waals surface area contributed by atoms with Gasteiger partial charge in [0.1, 0.15) is 11.9 Å². The Labute approximate surface area is 118 Å². The highest BCUT2D eigenvalue weighted by atomic mass is 16.4. The fourth-order valence-electron chi connectivity index (χ4n) is 2.40. The molecule has 0 amide bonds. The van der Waals surface area contributed by atoms with Crippen LogP contribution in [-0.2, 0) is 11.2 Å². The highest BCUT2D eigenvalue weighted by molar-refractivity contribution is 5.73. The molecule has 0 saturated heterocycles. The lowest BCUT2D eigenvalue weighted by molar-refractivity contribution is -0.138. The monoisotopic (exact) mass is 273 g/mol. The largest absolute Gasteiger partial charge is 0.480 e. The number of nitrogens with zero attached hydrogens (tertiary/aromatic N) is 2. The predicted octanol–water partition coefficient (Wildman–Crippen LogP) is 1.75. The molecule has 2 aromatic rings. The predicted molar refractivity (Wildman–Crippen MR) is 77.1 cm³/mol. The molecule has 20 heavy (non-hydrogen) atoms. The van der Waals surface area contributed by atoms with Crippen molar-refractivity contribution < 1.29 is 9.90 Å². The normalized spacial score (nSPS) is 12.4. The van der Waals surface area contributed by atoms with Crippen molar-refractivity contribution in [1.29, 1.82) is 0 Å². The summed E-state index contributed by atoms with van der Waals surface area (Å²) in [5.74, 6) is -0.110. The van der Waals surface area contributed by atoms with Crippen molar-refractivity contribution in [2.24, 2.45) is 5.73 Å². The van der Waals surface area contributed by atoms with Crippen LogP contribution in [0.15, 0.2) is 24.4 Å². The minimum Gasteiger partial charge on any atom is -0.480 e. The van der Waals surface area contributed by atoms with Crippen molar-refractivity contribution in [3.05, 3.63) is 46.9 Å². The van der Waals surface area contributed by atoms with Gasteiger partial charge in [0.15, 0.2) is 0 Å². The summed E-state index contributed by atoms with van der Waals surface area (Å²) in [5, 5.41) is 8.93. The molecule has 0 spiro atoms. The number of carboxylic acid groups (broad SMARTS) is 1. The van der Waals surface area contributed by atoms with E-state index in [1.54, 1.807) is 6.20 Å². The van der Waals surface area contributed by atoms with Crippen LogP contribution in [0.3, 0.4) is 0 Å². The van der Waals surface area contributed by atoms with Crippen LogP contribution in [0.4, 0.5) is 0 Å². The molecule has 1 unspecified atom stereocenters. The van der Waals surface area contributed by atoms with Crippen molar-refractivity contribution in [2.45, 2.75) is 33.2 Å². The van der Waals surface area contributed by atoms with E-state index < -0.39 is 12.0 Å². The Balaban J connectivity index is 2.45. The maximum Gasteiger partial charge on any atom is 0.320 e. The van der Waals surface area contributed by atoms with Gasteiger partial charge in [-0.3, -0.25) is 4.79 Å². The van der Waals surface area contributed by atoms with Crippen LogP contribution in [0.25, 0.3) is 5.82 Å². The van der Waals surface area contributed by atoms with E-state index in [0.717, 1.165) is 28.3 Å². The van der Waals surface area contributed by atoms with Crippen molar-refractivity contribution in [3.63, 3.8) is 0 Å². The molecule has 0 bridgehead atoms. The molecular formula is C15H19N3O2. The summed E-state index contributed by atoms with van der Waals surface area (Å²) in [7, 11) is 0. The van der Waals surface area contributed by atoms with E-state index >= 15 is 0 Å². The van der Waals surface area contributed by atoms with E-state index in [-0.39, 0.29) is 0 Å². The topological polar surface area (TPSA) is 81.1 Å². The fourth-order valence-corrected chi connectivity index (χ4v) is 2.40. The number of aryl methyl sites for hydroxylation is 2. The molecule has 0 aliphatic heterocycles. The van der Waals surface area contributed by atoms with E-state index in [2.05, 4.69) is 4.98 Å². The molecule has 0 radical (unpaired) electrons. The SMILES string of the molecule is Cc1cccnc1-n1c(C)cc(CC(N)C(=O)O)c1C. The number of carboxylic acids is 1. The second kappa shape index (κ2) is 5.46. The van der Waals surface area contributed by atoms with Crippen LogP contribution >= 0.6 is 0 Å². The fraction of sp³-hybridized carbons (Fsp3) is 0.333. The second-order valence-corrected chi connectivity index (χ2v) is 5.02. The van der Waals surface area contributed by atoms with Gasteiger partial charge < -0.3 is 15.4 Å². The summed E-state index contributed by atoms with van der Waals surface area (Å²) >= 11 is 0. The first-order valence-corrected chi connectivity index (χ1v) is 6.50. The van der Waals surface area contributed by atoms with Gasteiger partial charge in [-0.15, -0.1) is 0 Å². The van der Waals surface area contributed by atoms with Gasteiger partial charge >= 0.3 is 5.97 Å². The molecular weight excluding hydrogens is 254 g/mol. The van der Waals surface area contributed by atoms with Gasteiger partial charge in [0.2, 0.25) is 0 Å². The van der Waals surface area contributed by atoms with Gasteiger partial charge in [0.05, 0.1) is 0 Å². The maximum atomic E-state index is 10.9. The third-order valence-electron chi connectivity index (χ3n) is 3.49. The number of hydrogen-bond acceptors (Lipinski definition) is 3. The quantitative estimate of drug-likeness (QED) is 0.889. The number of nitrogens with two attached hydrogens (primary N) is 1. The van der Waals surface area contributed by atoms with E-state index in [9.17, 15) is 4.79 Å². The summed E-state index contributed by atoms with van der Waals surface area (Å²) in [6.07, 6.45) is 2.07. The minimum atomic E-state index is -0.983. The molecule has 2 rings (SSSR count). The first-order chi connectivity index (χ1) is 9.41. The Hall–Kier alpha value is -2.14. The smallest absolute Gasteiger partial charge is 0.320 e. The lowest BCUT2D eigenvalue weighted by atomic mass is 10.1. The van der Waals surface area contributed by atoms with Gasteiger partial charge in [0.25, 0.3) is 0 Å². The molecule has 5 heteroatoms.